The molecule has 2 nitrogen and oxygen atoms in total. The van der Waals surface area contributed by atoms with Gasteiger partial charge in [0.2, 0.25) is 5.91 Å². The lowest BCUT2D eigenvalue weighted by atomic mass is 9.97. The maximum absolute atomic E-state index is 13.6. The van der Waals surface area contributed by atoms with Gasteiger partial charge in [-0.05, 0) is 40.9 Å². The Morgan fingerprint density at radius 2 is 2.19 bits per heavy atom. The molecule has 5 heteroatoms. The van der Waals surface area contributed by atoms with Crippen molar-refractivity contribution in [3.8, 4) is 0 Å². The molecule has 1 heterocycles. The van der Waals surface area contributed by atoms with E-state index in [4.69, 9.17) is 0 Å². The number of carbonyl (C=O) groups excluding carboxylic acids is 1. The Morgan fingerprint density at radius 3 is 2.81 bits per heavy atom. The zero-order chi connectivity index (χ0) is 11.7. The molecule has 1 aromatic carbocycles. The van der Waals surface area contributed by atoms with Crippen LogP contribution in [0.25, 0.3) is 0 Å². The molecule has 1 N–H and O–H groups in total. The van der Waals surface area contributed by atoms with Crippen LogP contribution in [-0.2, 0) is 11.2 Å². The monoisotopic (exact) mass is 289 g/mol. The van der Waals surface area contributed by atoms with E-state index >= 15 is 0 Å². The Morgan fingerprint density at radius 1 is 1.44 bits per heavy atom. The highest BCUT2D eigenvalue weighted by Gasteiger charge is 2.27. The van der Waals surface area contributed by atoms with Crippen molar-refractivity contribution < 1.29 is 13.6 Å². The van der Waals surface area contributed by atoms with Gasteiger partial charge in [-0.3, -0.25) is 4.79 Å². The molecule has 1 unspecified atom stereocenters. The number of benzene rings is 1. The summed E-state index contributed by atoms with van der Waals surface area (Å²) >= 11 is 3.00. The van der Waals surface area contributed by atoms with Gasteiger partial charge in [0.25, 0.3) is 0 Å². The first-order chi connectivity index (χ1) is 7.59. The van der Waals surface area contributed by atoms with E-state index in [1.54, 1.807) is 0 Å². The zero-order valence-corrected chi connectivity index (χ0v) is 9.98. The lowest BCUT2D eigenvalue weighted by Crippen LogP contribution is -2.21. The molecule has 1 aliphatic rings. The Bertz CT molecular complexity index is 436. The van der Waals surface area contributed by atoms with Crippen molar-refractivity contribution in [2.24, 2.45) is 5.92 Å². The molecule has 1 aliphatic heterocycles. The molecule has 2 rings (SSSR count). The fourth-order valence-electron chi connectivity index (χ4n) is 1.84. The summed E-state index contributed by atoms with van der Waals surface area (Å²) < 4.78 is 27.3. The van der Waals surface area contributed by atoms with E-state index in [2.05, 4.69) is 21.2 Å². The highest BCUT2D eigenvalue weighted by atomic mass is 79.9. The number of nitrogens with one attached hydrogen (secondary N) is 1. The van der Waals surface area contributed by atoms with Gasteiger partial charge in [-0.1, -0.05) is 0 Å². The first-order valence-corrected chi connectivity index (χ1v) is 5.79. The van der Waals surface area contributed by atoms with Gasteiger partial charge >= 0.3 is 0 Å². The smallest absolute Gasteiger partial charge is 0.223 e. The molecule has 1 aromatic rings. The second kappa shape index (κ2) is 4.49. The van der Waals surface area contributed by atoms with Gasteiger partial charge in [-0.2, -0.15) is 0 Å². The second-order valence-electron chi connectivity index (χ2n) is 3.80. The summed E-state index contributed by atoms with van der Waals surface area (Å²) in [6.07, 6.45) is 0.743. The summed E-state index contributed by atoms with van der Waals surface area (Å²) in [4.78, 5) is 11.3. The maximum Gasteiger partial charge on any atom is 0.223 e. The maximum atomic E-state index is 13.6. The minimum atomic E-state index is -0.611. The second-order valence-corrected chi connectivity index (χ2v) is 4.66. The van der Waals surface area contributed by atoms with Crippen LogP contribution in [0.15, 0.2) is 16.6 Å². The Kier molecular flexibility index (Phi) is 3.23. The van der Waals surface area contributed by atoms with Gasteiger partial charge in [0.05, 0.1) is 4.47 Å². The van der Waals surface area contributed by atoms with Crippen molar-refractivity contribution in [1.82, 2.24) is 5.32 Å². The van der Waals surface area contributed by atoms with Crippen molar-refractivity contribution in [2.75, 3.05) is 6.54 Å². The molecule has 86 valence electrons. The molecule has 0 aromatic heterocycles. The standard InChI is InChI=1S/C11H10BrF2NO/c12-8-1-2-9(13)7(10(8)14)5-6-3-4-15-11(6)16/h1-2,6H,3-5H2,(H,15,16). The molecule has 1 fully saturated rings. The molecule has 16 heavy (non-hydrogen) atoms. The number of hydrogen-bond acceptors (Lipinski definition) is 1. The zero-order valence-electron chi connectivity index (χ0n) is 8.40. The predicted octanol–water partition coefficient (Wildman–Crippen LogP) is 2.41. The van der Waals surface area contributed by atoms with E-state index < -0.39 is 11.6 Å². The number of rotatable bonds is 2. The SMILES string of the molecule is O=C1NCCC1Cc1c(F)ccc(Br)c1F. The summed E-state index contributed by atoms with van der Waals surface area (Å²) in [5.74, 6) is -1.66. The third-order valence-electron chi connectivity index (χ3n) is 2.75. The van der Waals surface area contributed by atoms with Crippen LogP contribution in [0.3, 0.4) is 0 Å². The van der Waals surface area contributed by atoms with Gasteiger partial charge in [-0.15, -0.1) is 0 Å². The van der Waals surface area contributed by atoms with Crippen LogP contribution in [-0.4, -0.2) is 12.5 Å². The molecule has 0 bridgehead atoms. The van der Waals surface area contributed by atoms with E-state index in [9.17, 15) is 13.6 Å². The Hall–Kier alpha value is -0.970. The van der Waals surface area contributed by atoms with Crippen molar-refractivity contribution in [2.45, 2.75) is 12.8 Å². The van der Waals surface area contributed by atoms with Gasteiger partial charge in [0.1, 0.15) is 11.6 Å². The predicted molar refractivity (Wildman–Crippen MR) is 58.9 cm³/mol. The van der Waals surface area contributed by atoms with Gasteiger partial charge in [0, 0.05) is 18.0 Å². The van der Waals surface area contributed by atoms with Crippen molar-refractivity contribution in [1.29, 1.82) is 0 Å². The van der Waals surface area contributed by atoms with Crippen molar-refractivity contribution in [3.63, 3.8) is 0 Å². The minimum Gasteiger partial charge on any atom is -0.356 e. The molecule has 0 saturated carbocycles. The van der Waals surface area contributed by atoms with Crippen LogP contribution in [0.4, 0.5) is 8.78 Å². The van der Waals surface area contributed by atoms with Gasteiger partial charge in [-0.25, -0.2) is 8.78 Å². The van der Waals surface area contributed by atoms with E-state index in [0.717, 1.165) is 0 Å². The van der Waals surface area contributed by atoms with E-state index in [-0.39, 0.29) is 28.3 Å². The van der Waals surface area contributed by atoms with Crippen LogP contribution in [0, 0.1) is 17.6 Å². The lowest BCUT2D eigenvalue weighted by Gasteiger charge is -2.09. The normalized spacial score (nSPS) is 19.9. The van der Waals surface area contributed by atoms with Crippen LogP contribution >= 0.6 is 15.9 Å². The third-order valence-corrected chi connectivity index (χ3v) is 3.36. The number of carbonyl (C=O) groups is 1. The highest BCUT2D eigenvalue weighted by Crippen LogP contribution is 2.25. The quantitative estimate of drug-likeness (QED) is 0.833. The van der Waals surface area contributed by atoms with E-state index in [1.807, 2.05) is 0 Å². The summed E-state index contributed by atoms with van der Waals surface area (Å²) in [7, 11) is 0. The fraction of sp³-hybridized carbons (Fsp3) is 0.364. The summed E-state index contributed by atoms with van der Waals surface area (Å²) in [5.41, 5.74) is -0.0172. The fourth-order valence-corrected chi connectivity index (χ4v) is 2.21. The lowest BCUT2D eigenvalue weighted by molar-refractivity contribution is -0.122. The molecule has 0 radical (unpaired) electrons. The van der Waals surface area contributed by atoms with Gasteiger partial charge in [0.15, 0.2) is 0 Å². The first-order valence-electron chi connectivity index (χ1n) is 4.99. The van der Waals surface area contributed by atoms with Crippen LogP contribution < -0.4 is 5.32 Å². The molecule has 0 spiro atoms. The van der Waals surface area contributed by atoms with E-state index in [1.165, 1.54) is 12.1 Å². The summed E-state index contributed by atoms with van der Waals surface area (Å²) in [6.45, 7) is 0.584. The van der Waals surface area contributed by atoms with Crippen molar-refractivity contribution >= 4 is 21.8 Å². The molecule has 0 aliphatic carbocycles. The molecule has 1 saturated heterocycles. The number of halogens is 3. The van der Waals surface area contributed by atoms with Crippen LogP contribution in [0.1, 0.15) is 12.0 Å². The van der Waals surface area contributed by atoms with E-state index in [0.29, 0.717) is 13.0 Å². The Labute approximate surface area is 100 Å². The molecule has 1 atom stereocenters. The molecular weight excluding hydrogens is 280 g/mol. The molecular formula is C11H10BrF2NO. The Balaban J connectivity index is 2.27. The highest BCUT2D eigenvalue weighted by molar-refractivity contribution is 9.10. The average molecular weight is 290 g/mol. The van der Waals surface area contributed by atoms with Crippen molar-refractivity contribution in [3.05, 3.63) is 33.8 Å². The van der Waals surface area contributed by atoms with Crippen LogP contribution in [0.2, 0.25) is 0 Å². The first kappa shape index (κ1) is 11.5. The average Bonchev–Trinajstić information content (AvgIpc) is 2.65. The summed E-state index contributed by atoms with van der Waals surface area (Å²) in [6, 6.07) is 2.53. The largest absolute Gasteiger partial charge is 0.356 e. The molecule has 1 amide bonds. The number of hydrogen-bond donors (Lipinski definition) is 1. The topological polar surface area (TPSA) is 29.1 Å². The summed E-state index contributed by atoms with van der Waals surface area (Å²) in [5, 5.41) is 2.65. The third kappa shape index (κ3) is 2.09. The van der Waals surface area contributed by atoms with Gasteiger partial charge < -0.3 is 5.32 Å². The number of amides is 1. The van der Waals surface area contributed by atoms with Crippen LogP contribution in [0.5, 0.6) is 0 Å². The minimum absolute atomic E-state index is 0.0172.